The average Bonchev–Trinajstić information content (AvgIpc) is 2.62. The molecule has 1 atom stereocenters. The van der Waals surface area contributed by atoms with Crippen LogP contribution in [0.15, 0.2) is 0 Å². The molecule has 1 amide bonds. The van der Waals surface area contributed by atoms with Crippen molar-refractivity contribution in [3.63, 3.8) is 0 Å². The predicted octanol–water partition coefficient (Wildman–Crippen LogP) is 2.43. The van der Waals surface area contributed by atoms with Crippen LogP contribution in [0.25, 0.3) is 0 Å². The molecule has 22 heavy (non-hydrogen) atoms. The van der Waals surface area contributed by atoms with Gasteiger partial charge < -0.3 is 10.6 Å². The summed E-state index contributed by atoms with van der Waals surface area (Å²) in [7, 11) is 0. The van der Waals surface area contributed by atoms with Gasteiger partial charge in [0.05, 0.1) is 6.04 Å². The van der Waals surface area contributed by atoms with E-state index in [1.54, 1.807) is 0 Å². The smallest absolute Gasteiger partial charge is 0.237 e. The van der Waals surface area contributed by atoms with Crippen molar-refractivity contribution < 1.29 is 4.79 Å². The summed E-state index contributed by atoms with van der Waals surface area (Å²) in [4.78, 5) is 15.2. The molecule has 0 bridgehead atoms. The highest BCUT2D eigenvalue weighted by Crippen LogP contribution is 2.35. The zero-order valence-corrected chi connectivity index (χ0v) is 14.0. The third-order valence-corrected chi connectivity index (χ3v) is 6.03. The summed E-state index contributed by atoms with van der Waals surface area (Å²) in [6.07, 6.45) is 14.0. The molecule has 1 saturated carbocycles. The Balaban J connectivity index is 1.58. The normalized spacial score (nSPS) is 29.9. The number of likely N-dealkylation sites (tertiary alicyclic amines) is 1. The molecule has 0 radical (unpaired) electrons. The summed E-state index contributed by atoms with van der Waals surface area (Å²) in [5, 5.41) is 6.69. The first-order valence-electron chi connectivity index (χ1n) is 9.56. The van der Waals surface area contributed by atoms with Crippen molar-refractivity contribution in [2.45, 2.75) is 82.2 Å². The number of nitrogens with one attached hydrogen (secondary N) is 2. The topological polar surface area (TPSA) is 44.4 Å². The lowest BCUT2D eigenvalue weighted by molar-refractivity contribution is -0.124. The molecule has 3 aliphatic rings. The molecule has 2 aliphatic heterocycles. The lowest BCUT2D eigenvalue weighted by Crippen LogP contribution is -2.59. The molecule has 4 nitrogen and oxygen atoms in total. The van der Waals surface area contributed by atoms with E-state index in [0.29, 0.717) is 0 Å². The van der Waals surface area contributed by atoms with Crippen molar-refractivity contribution >= 4 is 5.91 Å². The Kier molecular flexibility index (Phi) is 5.75. The van der Waals surface area contributed by atoms with Gasteiger partial charge >= 0.3 is 0 Å². The zero-order valence-electron chi connectivity index (χ0n) is 14.0. The summed E-state index contributed by atoms with van der Waals surface area (Å²) >= 11 is 0. The minimum absolute atomic E-state index is 0.0516. The van der Waals surface area contributed by atoms with Crippen LogP contribution in [0.1, 0.15) is 70.6 Å². The van der Waals surface area contributed by atoms with Crippen LogP contribution < -0.4 is 10.6 Å². The highest BCUT2D eigenvalue weighted by atomic mass is 16.2. The summed E-state index contributed by atoms with van der Waals surface area (Å²) in [5.74, 6) is 0.238. The molecule has 3 fully saturated rings. The fraction of sp³-hybridized carbons (Fsp3) is 0.944. The molecule has 0 unspecified atom stereocenters. The number of amides is 1. The number of hydrogen-bond donors (Lipinski definition) is 2. The van der Waals surface area contributed by atoms with E-state index in [9.17, 15) is 4.79 Å². The minimum atomic E-state index is 0.0516. The van der Waals surface area contributed by atoms with E-state index in [0.717, 1.165) is 19.5 Å². The van der Waals surface area contributed by atoms with Crippen molar-refractivity contribution in [1.29, 1.82) is 0 Å². The van der Waals surface area contributed by atoms with Crippen LogP contribution >= 0.6 is 0 Å². The highest BCUT2D eigenvalue weighted by molar-refractivity contribution is 5.81. The maximum Gasteiger partial charge on any atom is 0.237 e. The van der Waals surface area contributed by atoms with Crippen LogP contribution in [0, 0.1) is 0 Å². The number of hydrogen-bond acceptors (Lipinski definition) is 3. The van der Waals surface area contributed by atoms with Gasteiger partial charge in [0.2, 0.25) is 5.91 Å². The lowest BCUT2D eigenvalue weighted by atomic mass is 9.79. The van der Waals surface area contributed by atoms with Gasteiger partial charge in [-0.2, -0.15) is 0 Å². The average molecular weight is 307 g/mol. The summed E-state index contributed by atoms with van der Waals surface area (Å²) in [6.45, 7) is 4.33. The first kappa shape index (κ1) is 16.3. The van der Waals surface area contributed by atoms with Crippen LogP contribution in [0.2, 0.25) is 0 Å². The van der Waals surface area contributed by atoms with Gasteiger partial charge in [0.15, 0.2) is 0 Å². The van der Waals surface area contributed by atoms with Crippen molar-refractivity contribution in [2.24, 2.45) is 0 Å². The van der Waals surface area contributed by atoms with Crippen molar-refractivity contribution in [3.05, 3.63) is 0 Å². The predicted molar refractivity (Wildman–Crippen MR) is 89.9 cm³/mol. The number of rotatable bonds is 4. The number of piperidine rings is 2. The van der Waals surface area contributed by atoms with Gasteiger partial charge in [-0.1, -0.05) is 32.1 Å². The van der Waals surface area contributed by atoms with Crippen LogP contribution in [-0.2, 0) is 4.79 Å². The van der Waals surface area contributed by atoms with Gasteiger partial charge in [-0.15, -0.1) is 0 Å². The summed E-state index contributed by atoms with van der Waals surface area (Å²) in [5.41, 5.74) is 0.253. The second-order valence-corrected chi connectivity index (χ2v) is 7.55. The Labute approximate surface area is 135 Å². The van der Waals surface area contributed by atoms with E-state index in [2.05, 4.69) is 15.5 Å². The first-order valence-corrected chi connectivity index (χ1v) is 9.56. The Morgan fingerprint density at radius 1 is 1.00 bits per heavy atom. The van der Waals surface area contributed by atoms with Gasteiger partial charge in [0, 0.05) is 12.1 Å². The monoisotopic (exact) mass is 307 g/mol. The number of nitrogens with zero attached hydrogens (tertiary/aromatic N) is 1. The van der Waals surface area contributed by atoms with E-state index in [1.807, 2.05) is 0 Å². The van der Waals surface area contributed by atoms with Crippen molar-refractivity contribution in [3.8, 4) is 0 Å². The highest BCUT2D eigenvalue weighted by Gasteiger charge is 2.39. The molecule has 1 aliphatic carbocycles. The minimum Gasteiger partial charge on any atom is -0.353 e. The summed E-state index contributed by atoms with van der Waals surface area (Å²) < 4.78 is 0. The molecule has 2 N–H and O–H groups in total. The quantitative estimate of drug-likeness (QED) is 0.838. The molecule has 2 saturated heterocycles. The largest absolute Gasteiger partial charge is 0.353 e. The van der Waals surface area contributed by atoms with Gasteiger partial charge in [0.25, 0.3) is 0 Å². The fourth-order valence-corrected chi connectivity index (χ4v) is 4.63. The first-order chi connectivity index (χ1) is 10.8. The van der Waals surface area contributed by atoms with Gasteiger partial charge in [0.1, 0.15) is 0 Å². The van der Waals surface area contributed by atoms with Gasteiger partial charge in [-0.25, -0.2) is 0 Å². The van der Waals surface area contributed by atoms with E-state index in [-0.39, 0.29) is 17.5 Å². The van der Waals surface area contributed by atoms with Gasteiger partial charge in [-0.3, -0.25) is 9.69 Å². The standard InChI is InChI=1S/C18H33N3O/c22-17(16-9-3-6-12-19-16)20-15-18(10-4-1-5-11-18)21-13-7-2-8-14-21/h16,19H,1-15H2,(H,20,22)/t16-/m0/s1. The molecule has 0 aromatic rings. The van der Waals surface area contributed by atoms with E-state index < -0.39 is 0 Å². The zero-order chi connectivity index (χ0) is 15.3. The Morgan fingerprint density at radius 3 is 2.41 bits per heavy atom. The van der Waals surface area contributed by atoms with E-state index in [4.69, 9.17) is 0 Å². The molecule has 0 aromatic carbocycles. The van der Waals surface area contributed by atoms with Gasteiger partial charge in [-0.05, 0) is 58.2 Å². The van der Waals surface area contributed by atoms with Crippen LogP contribution in [0.3, 0.4) is 0 Å². The molecule has 4 heteroatoms. The van der Waals surface area contributed by atoms with E-state index >= 15 is 0 Å². The SMILES string of the molecule is O=C(NCC1(N2CCCCC2)CCCCC1)[C@@H]1CCCCN1. The van der Waals surface area contributed by atoms with Crippen molar-refractivity contribution in [1.82, 2.24) is 15.5 Å². The molecule has 0 aromatic heterocycles. The number of carbonyl (C=O) groups is 1. The third-order valence-electron chi connectivity index (χ3n) is 6.03. The van der Waals surface area contributed by atoms with Crippen LogP contribution in [-0.4, -0.2) is 48.6 Å². The van der Waals surface area contributed by atoms with Crippen LogP contribution in [0.4, 0.5) is 0 Å². The summed E-state index contributed by atoms with van der Waals surface area (Å²) in [6, 6.07) is 0.0516. The maximum atomic E-state index is 12.5. The molecule has 2 heterocycles. The molecule has 3 rings (SSSR count). The van der Waals surface area contributed by atoms with Crippen molar-refractivity contribution in [2.75, 3.05) is 26.2 Å². The maximum absolute atomic E-state index is 12.5. The lowest BCUT2D eigenvalue weighted by Gasteiger charge is -2.48. The van der Waals surface area contributed by atoms with Crippen LogP contribution in [0.5, 0.6) is 0 Å². The third kappa shape index (κ3) is 3.83. The fourth-order valence-electron chi connectivity index (χ4n) is 4.63. The molecule has 0 spiro atoms. The number of carbonyl (C=O) groups excluding carboxylic acids is 1. The Bertz CT molecular complexity index is 353. The second-order valence-electron chi connectivity index (χ2n) is 7.55. The molecular formula is C18H33N3O. The Hall–Kier alpha value is -0.610. The second kappa shape index (κ2) is 7.78. The van der Waals surface area contributed by atoms with E-state index in [1.165, 1.54) is 77.3 Å². The molecule has 126 valence electrons. The Morgan fingerprint density at radius 2 is 1.73 bits per heavy atom. The molecular weight excluding hydrogens is 274 g/mol.